The van der Waals surface area contributed by atoms with Crippen molar-refractivity contribution in [2.45, 2.75) is 38.1 Å². The number of fused-ring (bicyclic) bond motifs is 1. The van der Waals surface area contributed by atoms with Crippen LogP contribution >= 0.6 is 0 Å². The zero-order valence-electron chi connectivity index (χ0n) is 10.7. The van der Waals surface area contributed by atoms with Crippen LogP contribution in [0.5, 0.6) is 0 Å². The SMILES string of the molecule is N[C@@H]1CCN(C(=O)c2ccc3c(c2)CCCC3)C1. The molecule has 0 saturated carbocycles. The quantitative estimate of drug-likeness (QED) is 0.818. The number of hydrogen-bond acceptors (Lipinski definition) is 2. The maximum Gasteiger partial charge on any atom is 0.253 e. The number of likely N-dealkylation sites (tertiary alicyclic amines) is 1. The van der Waals surface area contributed by atoms with Crippen molar-refractivity contribution in [2.75, 3.05) is 13.1 Å². The van der Waals surface area contributed by atoms with Gasteiger partial charge in [-0.1, -0.05) is 6.07 Å². The van der Waals surface area contributed by atoms with E-state index >= 15 is 0 Å². The van der Waals surface area contributed by atoms with Crippen LogP contribution in [0.3, 0.4) is 0 Å². The minimum Gasteiger partial charge on any atom is -0.337 e. The molecule has 96 valence electrons. The normalized spacial score (nSPS) is 22.9. The lowest BCUT2D eigenvalue weighted by atomic mass is 9.90. The van der Waals surface area contributed by atoms with Crippen LogP contribution in [0.15, 0.2) is 18.2 Å². The standard InChI is InChI=1S/C15H20N2O/c16-14-7-8-17(10-14)15(18)13-6-5-11-3-1-2-4-12(11)9-13/h5-6,9,14H,1-4,7-8,10,16H2/t14-/m1/s1. The van der Waals surface area contributed by atoms with Gasteiger partial charge < -0.3 is 10.6 Å². The Balaban J connectivity index is 1.81. The summed E-state index contributed by atoms with van der Waals surface area (Å²) in [5.74, 6) is 0.149. The molecular formula is C15H20N2O. The number of nitrogens with zero attached hydrogens (tertiary/aromatic N) is 1. The van der Waals surface area contributed by atoms with Crippen molar-refractivity contribution in [1.29, 1.82) is 0 Å². The Hall–Kier alpha value is -1.35. The third-order valence-electron chi connectivity index (χ3n) is 4.11. The molecule has 18 heavy (non-hydrogen) atoms. The molecule has 0 bridgehead atoms. The molecule has 1 saturated heterocycles. The van der Waals surface area contributed by atoms with Crippen LogP contribution in [0.25, 0.3) is 0 Å². The molecule has 1 aliphatic carbocycles. The van der Waals surface area contributed by atoms with Gasteiger partial charge >= 0.3 is 0 Å². The number of benzene rings is 1. The van der Waals surface area contributed by atoms with Crippen molar-refractivity contribution in [1.82, 2.24) is 4.90 Å². The number of hydrogen-bond donors (Lipinski definition) is 1. The van der Waals surface area contributed by atoms with Crippen molar-refractivity contribution in [2.24, 2.45) is 5.73 Å². The minimum atomic E-state index is 0.149. The molecule has 0 aromatic heterocycles. The fourth-order valence-electron chi connectivity index (χ4n) is 3.02. The summed E-state index contributed by atoms with van der Waals surface area (Å²) in [4.78, 5) is 14.2. The van der Waals surface area contributed by atoms with Gasteiger partial charge in [0.2, 0.25) is 0 Å². The Morgan fingerprint density at radius 1 is 1.22 bits per heavy atom. The van der Waals surface area contributed by atoms with Crippen molar-refractivity contribution < 1.29 is 4.79 Å². The Morgan fingerprint density at radius 3 is 2.72 bits per heavy atom. The zero-order chi connectivity index (χ0) is 12.5. The molecule has 0 unspecified atom stereocenters. The van der Waals surface area contributed by atoms with Gasteiger partial charge in [-0.3, -0.25) is 4.79 Å². The molecule has 1 aliphatic heterocycles. The predicted octanol–water partition coefficient (Wildman–Crippen LogP) is 1.74. The van der Waals surface area contributed by atoms with Crippen molar-refractivity contribution in [3.05, 3.63) is 34.9 Å². The van der Waals surface area contributed by atoms with E-state index in [4.69, 9.17) is 5.73 Å². The minimum absolute atomic E-state index is 0.149. The molecule has 1 aromatic carbocycles. The lowest BCUT2D eigenvalue weighted by Gasteiger charge is -2.19. The maximum absolute atomic E-state index is 12.3. The van der Waals surface area contributed by atoms with Gasteiger partial charge in [0.1, 0.15) is 0 Å². The number of aryl methyl sites for hydroxylation is 2. The van der Waals surface area contributed by atoms with E-state index in [2.05, 4.69) is 12.1 Å². The van der Waals surface area contributed by atoms with Gasteiger partial charge in [0, 0.05) is 24.7 Å². The maximum atomic E-state index is 12.3. The van der Waals surface area contributed by atoms with Gasteiger partial charge in [-0.2, -0.15) is 0 Å². The van der Waals surface area contributed by atoms with Gasteiger partial charge in [0.25, 0.3) is 5.91 Å². The summed E-state index contributed by atoms with van der Waals surface area (Å²) >= 11 is 0. The van der Waals surface area contributed by atoms with Crippen LogP contribution in [0.2, 0.25) is 0 Å². The van der Waals surface area contributed by atoms with Crippen LogP contribution in [0.1, 0.15) is 40.7 Å². The summed E-state index contributed by atoms with van der Waals surface area (Å²) < 4.78 is 0. The third-order valence-corrected chi connectivity index (χ3v) is 4.11. The second-order valence-electron chi connectivity index (χ2n) is 5.49. The highest BCUT2D eigenvalue weighted by Crippen LogP contribution is 2.23. The molecule has 3 heteroatoms. The Morgan fingerprint density at radius 2 is 2.00 bits per heavy atom. The van der Waals surface area contributed by atoms with Gasteiger partial charge in [0.05, 0.1) is 0 Å². The molecular weight excluding hydrogens is 224 g/mol. The summed E-state index contributed by atoms with van der Waals surface area (Å²) in [5.41, 5.74) is 9.49. The summed E-state index contributed by atoms with van der Waals surface area (Å²) in [6, 6.07) is 6.38. The average Bonchev–Trinajstić information content (AvgIpc) is 2.84. The van der Waals surface area contributed by atoms with Crippen molar-refractivity contribution in [3.8, 4) is 0 Å². The highest BCUT2D eigenvalue weighted by atomic mass is 16.2. The highest BCUT2D eigenvalue weighted by Gasteiger charge is 2.25. The molecule has 1 fully saturated rings. The van der Waals surface area contributed by atoms with Gasteiger partial charge in [0.15, 0.2) is 0 Å². The van der Waals surface area contributed by atoms with Gasteiger partial charge in [-0.15, -0.1) is 0 Å². The topological polar surface area (TPSA) is 46.3 Å². The first kappa shape index (κ1) is 11.7. The summed E-state index contributed by atoms with van der Waals surface area (Å²) in [6.07, 6.45) is 5.74. The first-order valence-electron chi connectivity index (χ1n) is 6.91. The number of nitrogens with two attached hydrogens (primary N) is 1. The predicted molar refractivity (Wildman–Crippen MR) is 71.6 cm³/mol. The summed E-state index contributed by atoms with van der Waals surface area (Å²) in [5, 5.41) is 0. The van der Waals surface area contributed by atoms with Gasteiger partial charge in [-0.05, 0) is 55.4 Å². The fraction of sp³-hybridized carbons (Fsp3) is 0.533. The molecule has 0 radical (unpaired) electrons. The molecule has 1 heterocycles. The summed E-state index contributed by atoms with van der Waals surface area (Å²) in [7, 11) is 0. The number of carbonyl (C=O) groups excluding carboxylic acids is 1. The zero-order valence-corrected chi connectivity index (χ0v) is 10.7. The molecule has 1 aromatic rings. The second-order valence-corrected chi connectivity index (χ2v) is 5.49. The number of carbonyl (C=O) groups is 1. The molecule has 3 rings (SSSR count). The van der Waals surface area contributed by atoms with Crippen LogP contribution in [-0.4, -0.2) is 29.9 Å². The van der Waals surface area contributed by atoms with Crippen LogP contribution in [0, 0.1) is 0 Å². The highest BCUT2D eigenvalue weighted by molar-refractivity contribution is 5.94. The number of amides is 1. The van der Waals surface area contributed by atoms with E-state index in [-0.39, 0.29) is 11.9 Å². The van der Waals surface area contributed by atoms with Crippen LogP contribution in [-0.2, 0) is 12.8 Å². The monoisotopic (exact) mass is 244 g/mol. The molecule has 2 aliphatic rings. The average molecular weight is 244 g/mol. The largest absolute Gasteiger partial charge is 0.337 e. The Bertz CT molecular complexity index is 470. The lowest BCUT2D eigenvalue weighted by Crippen LogP contribution is -2.32. The lowest BCUT2D eigenvalue weighted by molar-refractivity contribution is 0.0790. The molecule has 2 N–H and O–H groups in total. The van der Waals surface area contributed by atoms with Crippen molar-refractivity contribution in [3.63, 3.8) is 0 Å². The molecule has 1 atom stereocenters. The Kier molecular flexibility index (Phi) is 3.08. The molecule has 1 amide bonds. The van der Waals surface area contributed by atoms with E-state index < -0.39 is 0 Å². The number of rotatable bonds is 1. The van der Waals surface area contributed by atoms with E-state index in [1.54, 1.807) is 0 Å². The fourth-order valence-corrected chi connectivity index (χ4v) is 3.02. The van der Waals surface area contributed by atoms with E-state index in [0.29, 0.717) is 6.54 Å². The first-order valence-corrected chi connectivity index (χ1v) is 6.91. The smallest absolute Gasteiger partial charge is 0.253 e. The van der Waals surface area contributed by atoms with Crippen molar-refractivity contribution >= 4 is 5.91 Å². The first-order chi connectivity index (χ1) is 8.74. The molecule has 3 nitrogen and oxygen atoms in total. The van der Waals surface area contributed by atoms with Crippen LogP contribution < -0.4 is 5.73 Å². The van der Waals surface area contributed by atoms with E-state index in [9.17, 15) is 4.79 Å². The molecule has 0 spiro atoms. The van der Waals surface area contributed by atoms with E-state index in [0.717, 1.165) is 24.9 Å². The van der Waals surface area contributed by atoms with E-state index in [1.165, 1.54) is 30.4 Å². The van der Waals surface area contributed by atoms with E-state index in [1.807, 2.05) is 11.0 Å². The Labute approximate surface area is 108 Å². The van der Waals surface area contributed by atoms with Gasteiger partial charge in [-0.25, -0.2) is 0 Å². The van der Waals surface area contributed by atoms with Crippen LogP contribution in [0.4, 0.5) is 0 Å². The second kappa shape index (κ2) is 4.73. The third kappa shape index (κ3) is 2.15. The summed E-state index contributed by atoms with van der Waals surface area (Å²) in [6.45, 7) is 1.51.